The van der Waals surface area contributed by atoms with Crippen molar-refractivity contribution in [2.75, 3.05) is 36.5 Å². The normalized spacial score (nSPS) is 14.0. The summed E-state index contributed by atoms with van der Waals surface area (Å²) in [4.78, 5) is 43.4. The molecule has 240 valence electrons. The van der Waals surface area contributed by atoms with Gasteiger partial charge in [0.05, 0.1) is 17.9 Å². The van der Waals surface area contributed by atoms with E-state index in [2.05, 4.69) is 33.9 Å². The molecule has 1 aliphatic rings. The Morgan fingerprint density at radius 1 is 0.915 bits per heavy atom. The molecule has 0 spiro atoms. The standard InChI is InChI=1S/C37H37N5O5/c1-25-16-19-42(33-10-6-5-9-32(33)41-25)36(44)29-11-13-30(27-12-14-31-28(21-27)15-17-38-31)34(22-29)46-20-18-39-35(43)24-47-37(45)40-23-26-7-3-2-4-8-26/h2-15,17,21-22,25,38,41H,16,18-20,23-24H2,1H3,(H,39,43)(H,40,45). The summed E-state index contributed by atoms with van der Waals surface area (Å²) in [6, 6.07) is 31.1. The molecule has 10 nitrogen and oxygen atoms in total. The second-order valence-corrected chi connectivity index (χ2v) is 11.4. The molecule has 47 heavy (non-hydrogen) atoms. The van der Waals surface area contributed by atoms with Crippen LogP contribution in [0.1, 0.15) is 29.3 Å². The third-order valence-corrected chi connectivity index (χ3v) is 8.02. The van der Waals surface area contributed by atoms with Crippen molar-refractivity contribution in [2.45, 2.75) is 25.9 Å². The first-order chi connectivity index (χ1) is 22.9. The number of fused-ring (bicyclic) bond motifs is 2. The lowest BCUT2D eigenvalue weighted by molar-refractivity contribution is -0.124. The minimum absolute atomic E-state index is 0.123. The molecular weight excluding hydrogens is 594 g/mol. The lowest BCUT2D eigenvalue weighted by atomic mass is 10.0. The zero-order chi connectivity index (χ0) is 32.6. The predicted octanol–water partition coefficient (Wildman–Crippen LogP) is 6.11. The highest BCUT2D eigenvalue weighted by molar-refractivity contribution is 6.08. The molecule has 5 aromatic rings. The third-order valence-electron chi connectivity index (χ3n) is 8.02. The number of H-pyrrole nitrogens is 1. The number of anilines is 2. The molecule has 0 aliphatic carbocycles. The van der Waals surface area contributed by atoms with E-state index in [9.17, 15) is 14.4 Å². The summed E-state index contributed by atoms with van der Waals surface area (Å²) in [5.74, 6) is -0.0545. The Morgan fingerprint density at radius 3 is 2.62 bits per heavy atom. The summed E-state index contributed by atoms with van der Waals surface area (Å²) in [6.45, 7) is 2.87. The number of alkyl carbamates (subject to hydrolysis) is 1. The first kappa shape index (κ1) is 31.2. The van der Waals surface area contributed by atoms with E-state index >= 15 is 0 Å². The van der Waals surface area contributed by atoms with Crippen LogP contribution in [0.4, 0.5) is 16.2 Å². The van der Waals surface area contributed by atoms with Crippen LogP contribution in [0.2, 0.25) is 0 Å². The largest absolute Gasteiger partial charge is 0.491 e. The molecule has 0 saturated carbocycles. The number of amides is 3. The Labute approximate surface area is 273 Å². The number of aromatic nitrogens is 1. The first-order valence-electron chi connectivity index (χ1n) is 15.7. The van der Waals surface area contributed by atoms with Gasteiger partial charge in [0.2, 0.25) is 0 Å². The quantitative estimate of drug-likeness (QED) is 0.138. The fraction of sp³-hybridized carbons (Fsp3) is 0.216. The summed E-state index contributed by atoms with van der Waals surface area (Å²) < 4.78 is 11.2. The van der Waals surface area contributed by atoms with Gasteiger partial charge in [-0.25, -0.2) is 4.79 Å². The summed E-state index contributed by atoms with van der Waals surface area (Å²) in [5, 5.41) is 9.89. The average molecular weight is 632 g/mol. The van der Waals surface area contributed by atoms with Gasteiger partial charge in [0.25, 0.3) is 11.8 Å². The Hall–Kier alpha value is -5.77. The van der Waals surface area contributed by atoms with E-state index in [0.717, 1.165) is 45.4 Å². The number of aromatic amines is 1. The number of para-hydroxylation sites is 2. The van der Waals surface area contributed by atoms with E-state index < -0.39 is 18.6 Å². The maximum atomic E-state index is 14.0. The summed E-state index contributed by atoms with van der Waals surface area (Å²) >= 11 is 0. The summed E-state index contributed by atoms with van der Waals surface area (Å²) in [7, 11) is 0. The zero-order valence-electron chi connectivity index (χ0n) is 26.1. The van der Waals surface area contributed by atoms with Crippen molar-refractivity contribution >= 4 is 40.2 Å². The number of nitrogens with zero attached hydrogens (tertiary/aromatic N) is 1. The van der Waals surface area contributed by atoms with Gasteiger partial charge in [-0.1, -0.05) is 48.5 Å². The van der Waals surface area contributed by atoms with Gasteiger partial charge >= 0.3 is 6.09 Å². The molecule has 1 aromatic heterocycles. The first-order valence-corrected chi connectivity index (χ1v) is 15.7. The molecule has 2 heterocycles. The molecule has 4 N–H and O–H groups in total. The number of rotatable bonds is 10. The number of hydrogen-bond acceptors (Lipinski definition) is 6. The van der Waals surface area contributed by atoms with Crippen LogP contribution in [-0.2, 0) is 16.1 Å². The highest BCUT2D eigenvalue weighted by atomic mass is 16.6. The van der Waals surface area contributed by atoms with Crippen LogP contribution in [0.3, 0.4) is 0 Å². The molecule has 1 atom stereocenters. The van der Waals surface area contributed by atoms with Gasteiger partial charge in [0.15, 0.2) is 6.61 Å². The van der Waals surface area contributed by atoms with Crippen LogP contribution in [0.15, 0.2) is 103 Å². The zero-order valence-corrected chi connectivity index (χ0v) is 26.1. The lowest BCUT2D eigenvalue weighted by Gasteiger charge is -2.23. The van der Waals surface area contributed by atoms with Crippen molar-refractivity contribution in [3.05, 3.63) is 114 Å². The molecule has 3 amide bonds. The van der Waals surface area contributed by atoms with Gasteiger partial charge in [0, 0.05) is 42.0 Å². The van der Waals surface area contributed by atoms with Gasteiger partial charge in [-0.05, 0) is 78.4 Å². The van der Waals surface area contributed by atoms with E-state index in [0.29, 0.717) is 24.4 Å². The minimum atomic E-state index is -0.678. The summed E-state index contributed by atoms with van der Waals surface area (Å²) in [6.07, 6.45) is 2.02. The van der Waals surface area contributed by atoms with Gasteiger partial charge in [-0.2, -0.15) is 0 Å². The molecular formula is C37H37N5O5. The van der Waals surface area contributed by atoms with Crippen molar-refractivity contribution < 1.29 is 23.9 Å². The van der Waals surface area contributed by atoms with Crippen LogP contribution in [0, 0.1) is 0 Å². The molecule has 1 unspecified atom stereocenters. The van der Waals surface area contributed by atoms with Crippen molar-refractivity contribution in [3.63, 3.8) is 0 Å². The average Bonchev–Trinajstić information content (AvgIpc) is 3.50. The molecule has 1 aliphatic heterocycles. The van der Waals surface area contributed by atoms with E-state index in [4.69, 9.17) is 9.47 Å². The van der Waals surface area contributed by atoms with Crippen LogP contribution >= 0.6 is 0 Å². The Bertz CT molecular complexity index is 1870. The fourth-order valence-corrected chi connectivity index (χ4v) is 5.57. The van der Waals surface area contributed by atoms with E-state index in [1.54, 1.807) is 6.07 Å². The fourth-order valence-electron chi connectivity index (χ4n) is 5.57. The van der Waals surface area contributed by atoms with Gasteiger partial charge in [-0.3, -0.25) is 9.59 Å². The molecule has 0 fully saturated rings. The maximum absolute atomic E-state index is 14.0. The Kier molecular flexibility index (Phi) is 9.67. The number of hydrogen-bond donors (Lipinski definition) is 4. The van der Waals surface area contributed by atoms with Crippen molar-refractivity contribution in [3.8, 4) is 16.9 Å². The van der Waals surface area contributed by atoms with Gasteiger partial charge in [0.1, 0.15) is 12.4 Å². The number of carbonyl (C=O) groups excluding carboxylic acids is 3. The number of carbonyl (C=O) groups is 3. The third kappa shape index (κ3) is 7.73. The topological polar surface area (TPSA) is 125 Å². The number of benzene rings is 4. The lowest BCUT2D eigenvalue weighted by Crippen LogP contribution is -2.34. The maximum Gasteiger partial charge on any atom is 0.407 e. The van der Waals surface area contributed by atoms with Crippen LogP contribution in [-0.4, -0.2) is 55.2 Å². The monoisotopic (exact) mass is 631 g/mol. The molecule has 0 radical (unpaired) electrons. The van der Waals surface area contributed by atoms with Crippen LogP contribution in [0.25, 0.3) is 22.0 Å². The SMILES string of the molecule is CC1CCN(C(=O)c2ccc(-c3ccc4[nH]ccc4c3)c(OCCNC(=O)COC(=O)NCc3ccccc3)c2)c2ccccc2N1. The van der Waals surface area contributed by atoms with Crippen molar-refractivity contribution in [1.29, 1.82) is 0 Å². The van der Waals surface area contributed by atoms with Crippen molar-refractivity contribution in [1.82, 2.24) is 15.6 Å². The van der Waals surface area contributed by atoms with Crippen LogP contribution in [0.5, 0.6) is 5.75 Å². The molecule has 0 saturated heterocycles. The van der Waals surface area contributed by atoms with E-state index in [1.165, 1.54) is 0 Å². The van der Waals surface area contributed by atoms with E-state index in [1.807, 2.05) is 96.0 Å². The molecule has 6 rings (SSSR count). The predicted molar refractivity (Wildman–Crippen MR) is 183 cm³/mol. The smallest absolute Gasteiger partial charge is 0.407 e. The Morgan fingerprint density at radius 2 is 1.74 bits per heavy atom. The highest BCUT2D eigenvalue weighted by Gasteiger charge is 2.25. The second-order valence-electron chi connectivity index (χ2n) is 11.4. The molecule has 0 bridgehead atoms. The number of nitrogens with one attached hydrogen (secondary N) is 4. The summed E-state index contributed by atoms with van der Waals surface area (Å²) in [5.41, 5.74) is 5.95. The molecule has 4 aromatic carbocycles. The van der Waals surface area contributed by atoms with Gasteiger partial charge in [-0.15, -0.1) is 0 Å². The number of ether oxygens (including phenoxy) is 2. The highest BCUT2D eigenvalue weighted by Crippen LogP contribution is 2.35. The minimum Gasteiger partial charge on any atom is -0.491 e. The second kappa shape index (κ2) is 14.6. The molecule has 10 heteroatoms. The van der Waals surface area contributed by atoms with Crippen LogP contribution < -0.4 is 25.6 Å². The van der Waals surface area contributed by atoms with E-state index in [-0.39, 0.29) is 25.1 Å². The van der Waals surface area contributed by atoms with Crippen molar-refractivity contribution in [2.24, 2.45) is 0 Å². The Balaban J connectivity index is 1.13. The van der Waals surface area contributed by atoms with Gasteiger partial charge < -0.3 is 35.3 Å².